The fourth-order valence-corrected chi connectivity index (χ4v) is 1.96. The smallest absolute Gasteiger partial charge is 0.322 e. The molecule has 0 unspecified atom stereocenters. The van der Waals surface area contributed by atoms with Crippen LogP contribution < -0.4 is 10.6 Å². The molecule has 2 N–H and O–H groups in total. The van der Waals surface area contributed by atoms with Crippen LogP contribution in [0.25, 0.3) is 0 Å². The van der Waals surface area contributed by atoms with Gasteiger partial charge in [-0.25, -0.2) is 4.68 Å². The lowest BCUT2D eigenvalue weighted by Crippen LogP contribution is -2.43. The van der Waals surface area contributed by atoms with E-state index in [1.807, 2.05) is 0 Å². The summed E-state index contributed by atoms with van der Waals surface area (Å²) in [6, 6.07) is 0.380. The van der Waals surface area contributed by atoms with Gasteiger partial charge in [-0.1, -0.05) is 10.3 Å². The molecular formula is C11H13N7O2. The molecule has 20 heavy (non-hydrogen) atoms. The zero-order valence-corrected chi connectivity index (χ0v) is 10.6. The minimum Gasteiger partial charge on any atom is -0.408 e. The number of carbonyl (C=O) groups is 1. The number of rotatable bonds is 4. The lowest BCUT2D eigenvalue weighted by atomic mass is 10.2. The number of anilines is 1. The van der Waals surface area contributed by atoms with Crippen molar-refractivity contribution < 1.29 is 9.21 Å². The Hall–Kier alpha value is -2.29. The minimum absolute atomic E-state index is 0.108. The molecule has 2 aromatic rings. The second-order valence-corrected chi connectivity index (χ2v) is 5.07. The van der Waals surface area contributed by atoms with Crippen LogP contribution >= 0.6 is 0 Å². The molecular weight excluding hydrogens is 262 g/mol. The third kappa shape index (κ3) is 2.05. The van der Waals surface area contributed by atoms with E-state index in [-0.39, 0.29) is 17.8 Å². The second kappa shape index (κ2) is 4.37. The van der Waals surface area contributed by atoms with Crippen molar-refractivity contribution in [3.8, 4) is 0 Å². The maximum absolute atomic E-state index is 12.0. The monoisotopic (exact) mass is 275 g/mol. The molecule has 104 valence electrons. The Morgan fingerprint density at radius 3 is 2.90 bits per heavy atom. The van der Waals surface area contributed by atoms with Crippen molar-refractivity contribution in [1.82, 2.24) is 30.5 Å². The molecule has 2 aliphatic rings. The first-order valence-corrected chi connectivity index (χ1v) is 6.57. The van der Waals surface area contributed by atoms with Crippen LogP contribution in [0.3, 0.4) is 0 Å². The molecule has 0 radical (unpaired) electrons. The average molecular weight is 275 g/mol. The largest absolute Gasteiger partial charge is 0.408 e. The predicted molar refractivity (Wildman–Crippen MR) is 66.2 cm³/mol. The predicted octanol–water partition coefficient (Wildman–Crippen LogP) is -0.0649. The lowest BCUT2D eigenvalue weighted by Gasteiger charge is -2.26. The Morgan fingerprint density at radius 2 is 2.20 bits per heavy atom. The molecule has 1 saturated carbocycles. The van der Waals surface area contributed by atoms with Crippen LogP contribution in [0.2, 0.25) is 0 Å². The number of nitrogens with zero attached hydrogens (tertiary/aromatic N) is 5. The van der Waals surface area contributed by atoms with Gasteiger partial charge in [-0.2, -0.15) is 0 Å². The number of nitrogens with one attached hydrogen (secondary N) is 2. The van der Waals surface area contributed by atoms with E-state index in [4.69, 9.17) is 4.42 Å². The lowest BCUT2D eigenvalue weighted by molar-refractivity contribution is 0.101. The highest BCUT2D eigenvalue weighted by Gasteiger charge is 2.30. The van der Waals surface area contributed by atoms with E-state index in [1.165, 1.54) is 0 Å². The first-order valence-electron chi connectivity index (χ1n) is 6.57. The van der Waals surface area contributed by atoms with Crippen LogP contribution in [0, 0.1) is 0 Å². The molecule has 1 aliphatic heterocycles. The van der Waals surface area contributed by atoms with Crippen LogP contribution in [0.5, 0.6) is 0 Å². The van der Waals surface area contributed by atoms with Crippen molar-refractivity contribution in [2.45, 2.75) is 24.8 Å². The van der Waals surface area contributed by atoms with E-state index in [9.17, 15) is 4.79 Å². The third-order valence-corrected chi connectivity index (χ3v) is 3.46. The number of hydrogen-bond acceptors (Lipinski definition) is 7. The van der Waals surface area contributed by atoms with Gasteiger partial charge in [-0.3, -0.25) is 10.1 Å². The topological polar surface area (TPSA) is 111 Å². The summed E-state index contributed by atoms with van der Waals surface area (Å²) >= 11 is 0. The van der Waals surface area contributed by atoms with Gasteiger partial charge in [0.1, 0.15) is 0 Å². The molecule has 1 amide bonds. The summed E-state index contributed by atoms with van der Waals surface area (Å²) < 4.78 is 7.06. The Morgan fingerprint density at radius 1 is 1.35 bits per heavy atom. The Labute approximate surface area is 113 Å². The first kappa shape index (κ1) is 11.5. The van der Waals surface area contributed by atoms with Crippen LogP contribution in [0.1, 0.15) is 41.2 Å². The van der Waals surface area contributed by atoms with Gasteiger partial charge in [-0.15, -0.1) is 10.2 Å². The third-order valence-electron chi connectivity index (χ3n) is 3.46. The summed E-state index contributed by atoms with van der Waals surface area (Å²) in [7, 11) is 0. The van der Waals surface area contributed by atoms with Gasteiger partial charge < -0.3 is 9.73 Å². The molecule has 3 heterocycles. The number of carbonyl (C=O) groups excluding carboxylic acids is 1. The Bertz CT molecular complexity index is 641. The van der Waals surface area contributed by atoms with Crippen molar-refractivity contribution in [2.75, 3.05) is 18.4 Å². The molecule has 9 heteroatoms. The molecule has 2 fully saturated rings. The van der Waals surface area contributed by atoms with Gasteiger partial charge in [0.25, 0.3) is 5.91 Å². The average Bonchev–Trinajstić information content (AvgIpc) is 2.93. The fourth-order valence-electron chi connectivity index (χ4n) is 1.96. The van der Waals surface area contributed by atoms with E-state index in [0.29, 0.717) is 11.8 Å². The molecule has 0 aromatic carbocycles. The molecule has 9 nitrogen and oxygen atoms in total. The van der Waals surface area contributed by atoms with Crippen molar-refractivity contribution in [3.05, 3.63) is 17.8 Å². The van der Waals surface area contributed by atoms with E-state index < -0.39 is 5.91 Å². The molecule has 0 bridgehead atoms. The molecule has 1 aliphatic carbocycles. The van der Waals surface area contributed by atoms with Crippen molar-refractivity contribution >= 4 is 11.9 Å². The summed E-state index contributed by atoms with van der Waals surface area (Å²) in [5.41, 5.74) is 0.239. The van der Waals surface area contributed by atoms with E-state index in [1.54, 1.807) is 10.9 Å². The van der Waals surface area contributed by atoms with Gasteiger partial charge in [0.2, 0.25) is 5.89 Å². The normalized spacial score (nSPS) is 18.8. The highest BCUT2D eigenvalue weighted by molar-refractivity contribution is 6.01. The Balaban J connectivity index is 1.44. The van der Waals surface area contributed by atoms with Gasteiger partial charge in [0.15, 0.2) is 5.69 Å². The van der Waals surface area contributed by atoms with Crippen LogP contribution in [-0.4, -0.2) is 44.2 Å². The number of hydrogen-bond donors (Lipinski definition) is 2. The summed E-state index contributed by atoms with van der Waals surface area (Å²) in [6.45, 7) is 1.69. The molecule has 0 spiro atoms. The molecule has 0 atom stereocenters. The quantitative estimate of drug-likeness (QED) is 0.803. The number of aromatic nitrogens is 5. The fraction of sp³-hybridized carbons (Fsp3) is 0.545. The molecule has 2 aromatic heterocycles. The summed E-state index contributed by atoms with van der Waals surface area (Å²) in [5.74, 6) is 0.555. The second-order valence-electron chi connectivity index (χ2n) is 5.07. The van der Waals surface area contributed by atoms with E-state index in [2.05, 4.69) is 31.1 Å². The maximum Gasteiger partial charge on any atom is 0.322 e. The number of amides is 1. The summed E-state index contributed by atoms with van der Waals surface area (Å²) in [6.07, 6.45) is 3.76. The first-order chi connectivity index (χ1) is 9.79. The van der Waals surface area contributed by atoms with Crippen LogP contribution in [0.15, 0.2) is 10.6 Å². The van der Waals surface area contributed by atoms with Gasteiger partial charge in [-0.05, 0) is 12.8 Å². The van der Waals surface area contributed by atoms with Crippen molar-refractivity contribution in [3.63, 3.8) is 0 Å². The van der Waals surface area contributed by atoms with E-state index >= 15 is 0 Å². The minimum atomic E-state index is -0.394. The maximum atomic E-state index is 12.0. The van der Waals surface area contributed by atoms with E-state index in [0.717, 1.165) is 25.9 Å². The zero-order valence-electron chi connectivity index (χ0n) is 10.6. The van der Waals surface area contributed by atoms with Gasteiger partial charge in [0, 0.05) is 19.0 Å². The zero-order chi connectivity index (χ0) is 13.5. The van der Waals surface area contributed by atoms with Crippen LogP contribution in [0.4, 0.5) is 6.01 Å². The summed E-state index contributed by atoms with van der Waals surface area (Å²) in [4.78, 5) is 12.0. The SMILES string of the molecule is O=C(Nc1nnc(C2CC2)o1)c1cn(C2CNC2)nn1. The van der Waals surface area contributed by atoms with Crippen molar-refractivity contribution in [1.29, 1.82) is 0 Å². The Kier molecular flexibility index (Phi) is 2.52. The molecule has 1 saturated heterocycles. The highest BCUT2D eigenvalue weighted by Crippen LogP contribution is 2.39. The van der Waals surface area contributed by atoms with Gasteiger partial charge >= 0.3 is 6.01 Å². The molecule has 4 rings (SSSR count). The highest BCUT2D eigenvalue weighted by atomic mass is 16.4. The standard InChI is InChI=1S/C11H13N7O2/c19-9(8-5-18(17-14-8)7-3-12-4-7)13-11-16-15-10(20-11)6-1-2-6/h5-7,12H,1-4H2,(H,13,16,19). The van der Waals surface area contributed by atoms with Gasteiger partial charge in [0.05, 0.1) is 12.2 Å². The van der Waals surface area contributed by atoms with Crippen LogP contribution in [-0.2, 0) is 0 Å². The van der Waals surface area contributed by atoms with Crippen molar-refractivity contribution in [2.24, 2.45) is 0 Å². The summed E-state index contributed by atoms with van der Waals surface area (Å²) in [5, 5.41) is 21.2.